The van der Waals surface area contributed by atoms with Gasteiger partial charge in [-0.2, -0.15) is 0 Å². The first-order valence-corrected chi connectivity index (χ1v) is 4.85. The van der Waals surface area contributed by atoms with Gasteiger partial charge in [-0.15, -0.1) is 0 Å². The molecule has 0 aromatic heterocycles. The quantitative estimate of drug-likeness (QED) is 0.776. The van der Waals surface area contributed by atoms with E-state index in [1.165, 1.54) is 5.56 Å². The number of aromatic hydroxyl groups is 1. The molecular formula is C12H20O2. The predicted molar refractivity (Wildman–Crippen MR) is 59.9 cm³/mol. The molecule has 0 amide bonds. The summed E-state index contributed by atoms with van der Waals surface area (Å²) >= 11 is 0. The highest BCUT2D eigenvalue weighted by Gasteiger charge is 2.13. The van der Waals surface area contributed by atoms with Crippen LogP contribution in [0.2, 0.25) is 0 Å². The molecule has 0 saturated heterocycles. The van der Waals surface area contributed by atoms with Gasteiger partial charge >= 0.3 is 0 Å². The second-order valence-electron chi connectivity index (χ2n) is 4.09. The van der Waals surface area contributed by atoms with Crippen molar-refractivity contribution >= 4 is 0 Å². The highest BCUT2D eigenvalue weighted by molar-refractivity contribution is 5.42. The van der Waals surface area contributed by atoms with Gasteiger partial charge in [0.2, 0.25) is 0 Å². The lowest BCUT2D eigenvalue weighted by molar-refractivity contribution is 0.462. The molecule has 3 N–H and O–H groups in total. The zero-order valence-corrected chi connectivity index (χ0v) is 9.33. The summed E-state index contributed by atoms with van der Waals surface area (Å²) in [4.78, 5) is 0. The lowest BCUT2D eigenvalue weighted by atomic mass is 9.90. The number of hydrogen-bond donors (Lipinski definition) is 1. The summed E-state index contributed by atoms with van der Waals surface area (Å²) < 4.78 is 0. The van der Waals surface area contributed by atoms with Crippen LogP contribution in [0.1, 0.15) is 50.7 Å². The Hall–Kier alpha value is -1.02. The summed E-state index contributed by atoms with van der Waals surface area (Å²) in [5.41, 5.74) is 2.35. The number of phenols is 1. The van der Waals surface area contributed by atoms with E-state index in [2.05, 4.69) is 33.8 Å². The Labute approximate surface area is 85.9 Å². The van der Waals surface area contributed by atoms with Crippen LogP contribution in [-0.2, 0) is 0 Å². The molecule has 1 rings (SSSR count). The first kappa shape index (κ1) is 13.0. The number of rotatable bonds is 2. The Morgan fingerprint density at radius 3 is 1.93 bits per heavy atom. The van der Waals surface area contributed by atoms with E-state index in [1.807, 2.05) is 6.07 Å². The Bertz CT molecular complexity index is 290. The lowest BCUT2D eigenvalue weighted by Gasteiger charge is -2.16. The van der Waals surface area contributed by atoms with Gasteiger partial charge in [-0.25, -0.2) is 0 Å². The van der Waals surface area contributed by atoms with Crippen molar-refractivity contribution in [2.75, 3.05) is 0 Å². The van der Waals surface area contributed by atoms with Crippen LogP contribution in [-0.4, -0.2) is 10.6 Å². The van der Waals surface area contributed by atoms with Crippen LogP contribution < -0.4 is 0 Å². The molecule has 0 unspecified atom stereocenters. The first-order chi connectivity index (χ1) is 6.04. The molecule has 2 nitrogen and oxygen atoms in total. The van der Waals surface area contributed by atoms with E-state index in [1.54, 1.807) is 6.07 Å². The van der Waals surface area contributed by atoms with E-state index >= 15 is 0 Å². The van der Waals surface area contributed by atoms with Crippen molar-refractivity contribution in [1.82, 2.24) is 0 Å². The summed E-state index contributed by atoms with van der Waals surface area (Å²) in [6.07, 6.45) is 0. The highest BCUT2D eigenvalue weighted by atomic mass is 16.3. The van der Waals surface area contributed by atoms with Gasteiger partial charge in [0.1, 0.15) is 5.75 Å². The third-order valence-electron chi connectivity index (χ3n) is 2.32. The van der Waals surface area contributed by atoms with Crippen LogP contribution in [0.3, 0.4) is 0 Å². The van der Waals surface area contributed by atoms with Crippen LogP contribution in [0, 0.1) is 0 Å². The minimum Gasteiger partial charge on any atom is -0.508 e. The average molecular weight is 196 g/mol. The molecule has 0 heterocycles. The second-order valence-corrected chi connectivity index (χ2v) is 4.09. The van der Waals surface area contributed by atoms with Gasteiger partial charge in [-0.05, 0) is 29.0 Å². The molecule has 80 valence electrons. The smallest absolute Gasteiger partial charge is 0.119 e. The Morgan fingerprint density at radius 2 is 1.57 bits per heavy atom. The van der Waals surface area contributed by atoms with Crippen molar-refractivity contribution in [3.8, 4) is 5.75 Å². The van der Waals surface area contributed by atoms with E-state index in [9.17, 15) is 5.11 Å². The second kappa shape index (κ2) is 5.01. The molecule has 0 fully saturated rings. The molecule has 14 heavy (non-hydrogen) atoms. The molecule has 0 spiro atoms. The summed E-state index contributed by atoms with van der Waals surface area (Å²) in [7, 11) is 0. The van der Waals surface area contributed by atoms with Crippen molar-refractivity contribution in [2.45, 2.75) is 39.5 Å². The lowest BCUT2D eigenvalue weighted by Crippen LogP contribution is -1.98. The predicted octanol–water partition coefficient (Wildman–Crippen LogP) is 2.81. The number of benzene rings is 1. The molecule has 0 saturated carbocycles. The van der Waals surface area contributed by atoms with E-state index in [-0.39, 0.29) is 5.48 Å². The standard InChI is InChI=1S/C12H18O.H2O/c1-8(2)10-6-5-7-11(13)12(10)9(3)4;/h5-9,13H,1-4H3;1H2. The highest BCUT2D eigenvalue weighted by Crippen LogP contribution is 2.32. The van der Waals surface area contributed by atoms with Crippen molar-refractivity contribution < 1.29 is 10.6 Å². The van der Waals surface area contributed by atoms with E-state index in [0.29, 0.717) is 17.6 Å². The topological polar surface area (TPSA) is 51.7 Å². The van der Waals surface area contributed by atoms with Crippen molar-refractivity contribution in [3.05, 3.63) is 29.3 Å². The molecular weight excluding hydrogens is 176 g/mol. The average Bonchev–Trinajstić information content (AvgIpc) is 2.02. The van der Waals surface area contributed by atoms with Crippen LogP contribution in [0.25, 0.3) is 0 Å². The molecule has 0 aliphatic heterocycles. The van der Waals surface area contributed by atoms with Gasteiger partial charge in [0.25, 0.3) is 0 Å². The first-order valence-electron chi connectivity index (χ1n) is 4.85. The molecule has 2 heteroatoms. The normalized spacial score (nSPS) is 10.4. The molecule has 1 aromatic rings. The molecule has 0 bridgehead atoms. The molecule has 0 aliphatic rings. The third kappa shape index (κ3) is 2.48. The summed E-state index contributed by atoms with van der Waals surface area (Å²) in [5.74, 6) is 1.30. The summed E-state index contributed by atoms with van der Waals surface area (Å²) in [6, 6.07) is 5.78. The van der Waals surface area contributed by atoms with Crippen LogP contribution in [0.5, 0.6) is 5.75 Å². The Balaban J connectivity index is 0.00000169. The maximum atomic E-state index is 9.71. The van der Waals surface area contributed by atoms with E-state index in [4.69, 9.17) is 0 Å². The maximum Gasteiger partial charge on any atom is 0.119 e. The van der Waals surface area contributed by atoms with Crippen molar-refractivity contribution in [2.24, 2.45) is 0 Å². The maximum absolute atomic E-state index is 9.71. The number of phenolic OH excluding ortho intramolecular Hbond substituents is 1. The third-order valence-corrected chi connectivity index (χ3v) is 2.32. The van der Waals surface area contributed by atoms with Gasteiger partial charge in [0.15, 0.2) is 0 Å². The fraction of sp³-hybridized carbons (Fsp3) is 0.500. The van der Waals surface area contributed by atoms with Crippen LogP contribution >= 0.6 is 0 Å². The van der Waals surface area contributed by atoms with Crippen LogP contribution in [0.4, 0.5) is 0 Å². The monoisotopic (exact) mass is 196 g/mol. The Kier molecular flexibility index (Phi) is 4.64. The van der Waals surface area contributed by atoms with Gasteiger partial charge in [0.05, 0.1) is 0 Å². The van der Waals surface area contributed by atoms with Crippen molar-refractivity contribution in [3.63, 3.8) is 0 Å². The number of hydrogen-bond acceptors (Lipinski definition) is 1. The SMILES string of the molecule is CC(C)c1cccc(O)c1C(C)C.O. The van der Waals surface area contributed by atoms with Gasteiger partial charge in [0, 0.05) is 0 Å². The van der Waals surface area contributed by atoms with E-state index < -0.39 is 0 Å². The fourth-order valence-electron chi connectivity index (χ4n) is 1.70. The Morgan fingerprint density at radius 1 is 1.00 bits per heavy atom. The largest absolute Gasteiger partial charge is 0.508 e. The molecule has 0 radical (unpaired) electrons. The minimum absolute atomic E-state index is 0. The van der Waals surface area contributed by atoms with Crippen molar-refractivity contribution in [1.29, 1.82) is 0 Å². The minimum atomic E-state index is 0. The van der Waals surface area contributed by atoms with Gasteiger partial charge in [-0.3, -0.25) is 0 Å². The fourth-order valence-corrected chi connectivity index (χ4v) is 1.70. The van der Waals surface area contributed by atoms with E-state index in [0.717, 1.165) is 5.56 Å². The zero-order valence-electron chi connectivity index (χ0n) is 9.33. The molecule has 0 aliphatic carbocycles. The zero-order chi connectivity index (χ0) is 10.0. The molecule has 1 aromatic carbocycles. The van der Waals surface area contributed by atoms with Gasteiger partial charge in [-0.1, -0.05) is 39.8 Å². The summed E-state index contributed by atoms with van der Waals surface area (Å²) in [5, 5.41) is 9.71. The van der Waals surface area contributed by atoms with Crippen LogP contribution in [0.15, 0.2) is 18.2 Å². The van der Waals surface area contributed by atoms with Gasteiger partial charge < -0.3 is 10.6 Å². The summed E-state index contributed by atoms with van der Waals surface area (Å²) in [6.45, 7) is 8.53. The molecule has 0 atom stereocenters.